The van der Waals surface area contributed by atoms with Gasteiger partial charge in [0.1, 0.15) is 5.75 Å². The summed E-state index contributed by atoms with van der Waals surface area (Å²) in [4.78, 5) is 17.7. The van der Waals surface area contributed by atoms with Crippen LogP contribution >= 0.6 is 0 Å². The number of carbonyl (C=O) groups is 1. The Morgan fingerprint density at radius 2 is 1.83 bits per heavy atom. The molecule has 2 aliphatic rings. The normalized spacial score (nSPS) is 25.0. The van der Waals surface area contributed by atoms with E-state index >= 15 is 0 Å². The van der Waals surface area contributed by atoms with E-state index in [4.69, 9.17) is 4.74 Å². The number of benzene rings is 1. The van der Waals surface area contributed by atoms with Crippen molar-refractivity contribution in [3.8, 4) is 5.75 Å². The first-order chi connectivity index (χ1) is 14.1. The molecule has 4 rings (SSSR count). The summed E-state index contributed by atoms with van der Waals surface area (Å²) in [5, 5.41) is 6.86. The van der Waals surface area contributed by atoms with Gasteiger partial charge in [0, 0.05) is 24.8 Å². The third kappa shape index (κ3) is 4.32. The van der Waals surface area contributed by atoms with Crippen LogP contribution in [0.1, 0.15) is 64.2 Å². The van der Waals surface area contributed by atoms with Gasteiger partial charge in [-0.15, -0.1) is 0 Å². The minimum absolute atomic E-state index is 0.0220. The van der Waals surface area contributed by atoms with Crippen molar-refractivity contribution in [2.24, 2.45) is 0 Å². The van der Waals surface area contributed by atoms with Crippen molar-refractivity contribution in [1.29, 1.82) is 0 Å². The zero-order valence-electron chi connectivity index (χ0n) is 17.5. The van der Waals surface area contributed by atoms with Gasteiger partial charge in [0.2, 0.25) is 6.10 Å². The van der Waals surface area contributed by atoms with Gasteiger partial charge in [0.05, 0.1) is 11.4 Å². The average Bonchev–Trinajstić information content (AvgIpc) is 3.25. The number of H-pyrrole nitrogens is 1. The van der Waals surface area contributed by atoms with Gasteiger partial charge >= 0.3 is 0 Å². The third-order valence-electron chi connectivity index (χ3n) is 6.37. The van der Waals surface area contributed by atoms with Crippen molar-refractivity contribution in [2.45, 2.75) is 70.6 Å². The second kappa shape index (κ2) is 8.99. The summed E-state index contributed by atoms with van der Waals surface area (Å²) in [6, 6.07) is 11.0. The fraction of sp³-hybridized carbons (Fsp3) is 0.565. The van der Waals surface area contributed by atoms with E-state index in [0.29, 0.717) is 17.8 Å². The highest BCUT2D eigenvalue weighted by molar-refractivity contribution is 6.00. The molecule has 6 nitrogen and oxygen atoms in total. The molecular formula is C23H32N4O2. The second-order valence-corrected chi connectivity index (χ2v) is 8.39. The first-order valence-corrected chi connectivity index (χ1v) is 11.0. The number of anilines is 1. The van der Waals surface area contributed by atoms with Crippen molar-refractivity contribution in [3.05, 3.63) is 42.2 Å². The lowest BCUT2D eigenvalue weighted by atomic mass is 9.97. The average molecular weight is 397 g/mol. The van der Waals surface area contributed by atoms with Crippen molar-refractivity contribution in [3.63, 3.8) is 0 Å². The highest BCUT2D eigenvalue weighted by atomic mass is 16.5. The van der Waals surface area contributed by atoms with Gasteiger partial charge in [0.25, 0.3) is 5.91 Å². The van der Waals surface area contributed by atoms with Crippen LogP contribution < -0.4 is 9.64 Å². The molecule has 0 aliphatic carbocycles. The van der Waals surface area contributed by atoms with Crippen molar-refractivity contribution in [2.75, 3.05) is 18.0 Å². The van der Waals surface area contributed by atoms with Crippen LogP contribution in [0.4, 0.5) is 5.69 Å². The van der Waals surface area contributed by atoms with E-state index in [0.717, 1.165) is 37.4 Å². The van der Waals surface area contributed by atoms with Gasteiger partial charge in [-0.25, -0.2) is 0 Å². The number of likely N-dealkylation sites (tertiary alicyclic amines) is 1. The van der Waals surface area contributed by atoms with Gasteiger partial charge in [0.15, 0.2) is 0 Å². The zero-order valence-corrected chi connectivity index (χ0v) is 17.5. The molecule has 1 fully saturated rings. The number of fused-ring (bicyclic) bond motifs is 1. The summed E-state index contributed by atoms with van der Waals surface area (Å²) < 4.78 is 5.98. The Kier molecular flexibility index (Phi) is 6.19. The minimum Gasteiger partial charge on any atom is -0.472 e. The number of aromatic nitrogens is 2. The first-order valence-electron chi connectivity index (χ1n) is 11.0. The molecule has 6 heteroatoms. The quantitative estimate of drug-likeness (QED) is 0.709. The Hall–Kier alpha value is -2.34. The van der Waals surface area contributed by atoms with E-state index in [2.05, 4.69) is 28.9 Å². The molecule has 156 valence electrons. The number of ether oxygens (including phenoxy) is 1. The SMILES string of the molecule is C[C@@H]1CCC[C@H](C)N1CCCCCN1C(=O)C(c2ccn[nH]2)Oc2ccccc21. The van der Waals surface area contributed by atoms with Gasteiger partial charge in [-0.1, -0.05) is 25.0 Å². The monoisotopic (exact) mass is 396 g/mol. The Bertz CT molecular complexity index is 797. The zero-order chi connectivity index (χ0) is 20.2. The number of carbonyl (C=O) groups excluding carboxylic acids is 1. The maximum atomic E-state index is 13.1. The summed E-state index contributed by atoms with van der Waals surface area (Å²) in [5.74, 6) is 0.730. The number of hydrogen-bond donors (Lipinski definition) is 1. The van der Waals surface area contributed by atoms with Crippen LogP contribution in [0.5, 0.6) is 5.75 Å². The molecule has 1 unspecified atom stereocenters. The standard InChI is InChI=1S/C23H32N4O2/c1-17-9-8-10-18(2)26(17)15-6-3-7-16-27-20-11-4-5-12-21(20)29-22(23(27)28)19-13-14-24-25-19/h4-5,11-14,17-18,22H,3,6-10,15-16H2,1-2H3,(H,24,25)/t17-,18+,22?. The summed E-state index contributed by atoms with van der Waals surface area (Å²) >= 11 is 0. The molecule has 2 aliphatic heterocycles. The lowest BCUT2D eigenvalue weighted by Crippen LogP contribution is -2.44. The summed E-state index contributed by atoms with van der Waals surface area (Å²) in [6.07, 6.45) is 8.29. The van der Waals surface area contributed by atoms with E-state index in [9.17, 15) is 4.79 Å². The fourth-order valence-corrected chi connectivity index (χ4v) is 4.71. The molecule has 29 heavy (non-hydrogen) atoms. The van der Waals surface area contributed by atoms with E-state index in [1.165, 1.54) is 25.7 Å². The molecule has 0 saturated carbocycles. The van der Waals surface area contributed by atoms with Gasteiger partial charge in [-0.05, 0) is 64.3 Å². The Morgan fingerprint density at radius 3 is 2.59 bits per heavy atom. The van der Waals surface area contributed by atoms with Crippen LogP contribution in [0.25, 0.3) is 0 Å². The van der Waals surface area contributed by atoms with E-state index < -0.39 is 6.10 Å². The molecule has 0 spiro atoms. The van der Waals surface area contributed by atoms with Crippen LogP contribution in [-0.2, 0) is 4.79 Å². The van der Waals surface area contributed by atoms with Crippen LogP contribution in [-0.4, -0.2) is 46.2 Å². The van der Waals surface area contributed by atoms with E-state index in [1.807, 2.05) is 29.2 Å². The molecule has 3 atom stereocenters. The van der Waals surface area contributed by atoms with Crippen LogP contribution in [0, 0.1) is 0 Å². The second-order valence-electron chi connectivity index (χ2n) is 8.39. The number of para-hydroxylation sites is 2. The number of amides is 1. The molecule has 1 aromatic carbocycles. The number of aromatic amines is 1. The minimum atomic E-state index is -0.651. The number of nitrogens with one attached hydrogen (secondary N) is 1. The molecule has 1 amide bonds. The number of rotatable bonds is 7. The smallest absolute Gasteiger partial charge is 0.274 e. The summed E-state index contributed by atoms with van der Waals surface area (Å²) in [5.41, 5.74) is 1.56. The molecular weight excluding hydrogens is 364 g/mol. The summed E-state index contributed by atoms with van der Waals surface area (Å²) in [6.45, 7) is 6.59. The van der Waals surface area contributed by atoms with Crippen molar-refractivity contribution < 1.29 is 9.53 Å². The van der Waals surface area contributed by atoms with Crippen molar-refractivity contribution >= 4 is 11.6 Å². The predicted molar refractivity (Wildman–Crippen MR) is 114 cm³/mol. The molecule has 0 radical (unpaired) electrons. The van der Waals surface area contributed by atoms with Crippen LogP contribution in [0.3, 0.4) is 0 Å². The maximum absolute atomic E-state index is 13.1. The largest absolute Gasteiger partial charge is 0.472 e. The van der Waals surface area contributed by atoms with E-state index in [1.54, 1.807) is 12.3 Å². The topological polar surface area (TPSA) is 61.5 Å². The van der Waals surface area contributed by atoms with Gasteiger partial charge < -0.3 is 9.64 Å². The number of nitrogens with zero attached hydrogens (tertiary/aromatic N) is 3. The highest BCUT2D eigenvalue weighted by Gasteiger charge is 2.35. The highest BCUT2D eigenvalue weighted by Crippen LogP contribution is 2.38. The summed E-state index contributed by atoms with van der Waals surface area (Å²) in [7, 11) is 0. The number of unbranched alkanes of at least 4 members (excludes halogenated alkanes) is 2. The fourth-order valence-electron chi connectivity index (χ4n) is 4.71. The lowest BCUT2D eigenvalue weighted by molar-refractivity contribution is -0.126. The maximum Gasteiger partial charge on any atom is 0.274 e. The lowest BCUT2D eigenvalue weighted by Gasteiger charge is -2.39. The molecule has 3 heterocycles. The first kappa shape index (κ1) is 20.0. The molecule has 1 saturated heterocycles. The molecule has 1 aromatic heterocycles. The van der Waals surface area contributed by atoms with Gasteiger partial charge in [-0.3, -0.25) is 14.8 Å². The third-order valence-corrected chi connectivity index (χ3v) is 6.37. The molecule has 0 bridgehead atoms. The van der Waals surface area contributed by atoms with Crippen molar-refractivity contribution in [1.82, 2.24) is 15.1 Å². The Labute approximate surface area is 173 Å². The molecule has 1 N–H and O–H groups in total. The number of hydrogen-bond acceptors (Lipinski definition) is 4. The van der Waals surface area contributed by atoms with E-state index in [-0.39, 0.29) is 5.91 Å². The van der Waals surface area contributed by atoms with Crippen LogP contribution in [0.2, 0.25) is 0 Å². The Balaban J connectivity index is 1.35. The van der Waals surface area contributed by atoms with Crippen LogP contribution in [0.15, 0.2) is 36.5 Å². The predicted octanol–water partition coefficient (Wildman–Crippen LogP) is 4.31. The molecule has 2 aromatic rings. The van der Waals surface area contributed by atoms with Gasteiger partial charge in [-0.2, -0.15) is 5.10 Å². The number of piperidine rings is 1. The Morgan fingerprint density at radius 1 is 1.07 bits per heavy atom.